The fourth-order valence-corrected chi connectivity index (χ4v) is 2.07. The molecular formula is C13H17NO2. The first-order valence-electron chi connectivity index (χ1n) is 5.74. The molecule has 0 bridgehead atoms. The number of benzene rings is 1. The Kier molecular flexibility index (Phi) is 2.86. The number of ether oxygens (including phenoxy) is 1. The number of alkyl carbamates (subject to hydrolysis) is 1. The normalized spacial score (nSPS) is 24.0. The number of nitrogens with one attached hydrogen (secondary N) is 1. The van der Waals surface area contributed by atoms with Crippen LogP contribution >= 0.6 is 0 Å². The third-order valence-electron chi connectivity index (χ3n) is 3.31. The maximum absolute atomic E-state index is 11.2. The summed E-state index contributed by atoms with van der Waals surface area (Å²) < 4.78 is 5.02. The third kappa shape index (κ3) is 1.77. The first-order chi connectivity index (χ1) is 7.70. The van der Waals surface area contributed by atoms with Crippen molar-refractivity contribution in [2.24, 2.45) is 0 Å². The molecule has 86 valence electrons. The van der Waals surface area contributed by atoms with Crippen LogP contribution < -0.4 is 5.32 Å². The number of carbonyl (C=O) groups excluding carboxylic acids is 1. The standard InChI is InChI=1S/C13H17NO2/c1-3-10-5-7-11(8-6-10)13(4-2)9-16-12(15)14-13/h5-8H,3-4,9H2,1-2H3,(H,14,15). The molecule has 1 aromatic rings. The number of rotatable bonds is 3. The Balaban J connectivity index is 2.30. The van der Waals surface area contributed by atoms with Crippen molar-refractivity contribution in [3.8, 4) is 0 Å². The van der Waals surface area contributed by atoms with E-state index >= 15 is 0 Å². The van der Waals surface area contributed by atoms with Crippen molar-refractivity contribution in [3.63, 3.8) is 0 Å². The average molecular weight is 219 g/mol. The highest BCUT2D eigenvalue weighted by atomic mass is 16.6. The monoisotopic (exact) mass is 219 g/mol. The smallest absolute Gasteiger partial charge is 0.408 e. The van der Waals surface area contributed by atoms with Gasteiger partial charge in [-0.1, -0.05) is 38.1 Å². The molecule has 16 heavy (non-hydrogen) atoms. The fraction of sp³-hybridized carbons (Fsp3) is 0.462. The molecule has 0 radical (unpaired) electrons. The van der Waals surface area contributed by atoms with E-state index in [1.54, 1.807) is 0 Å². The van der Waals surface area contributed by atoms with Gasteiger partial charge in [-0.25, -0.2) is 4.79 Å². The van der Waals surface area contributed by atoms with Gasteiger partial charge in [-0.05, 0) is 24.0 Å². The van der Waals surface area contributed by atoms with Crippen LogP contribution in [-0.4, -0.2) is 12.7 Å². The lowest BCUT2D eigenvalue weighted by molar-refractivity contribution is 0.171. The first-order valence-corrected chi connectivity index (χ1v) is 5.74. The van der Waals surface area contributed by atoms with Crippen molar-refractivity contribution in [2.75, 3.05) is 6.61 Å². The average Bonchev–Trinajstić information content (AvgIpc) is 2.72. The Hall–Kier alpha value is -1.51. The van der Waals surface area contributed by atoms with Gasteiger partial charge in [-0.15, -0.1) is 0 Å². The quantitative estimate of drug-likeness (QED) is 0.848. The van der Waals surface area contributed by atoms with Crippen LogP contribution in [0.1, 0.15) is 31.4 Å². The summed E-state index contributed by atoms with van der Waals surface area (Å²) in [4.78, 5) is 11.2. The highest BCUT2D eigenvalue weighted by Crippen LogP contribution is 2.29. The van der Waals surface area contributed by atoms with Gasteiger partial charge in [-0.2, -0.15) is 0 Å². The van der Waals surface area contributed by atoms with Gasteiger partial charge < -0.3 is 10.1 Å². The first kappa shape index (κ1) is 11.0. The highest BCUT2D eigenvalue weighted by Gasteiger charge is 2.39. The predicted molar refractivity (Wildman–Crippen MR) is 62.3 cm³/mol. The molecule has 1 fully saturated rings. The van der Waals surface area contributed by atoms with Crippen LogP contribution in [-0.2, 0) is 16.7 Å². The highest BCUT2D eigenvalue weighted by molar-refractivity contribution is 5.71. The van der Waals surface area contributed by atoms with Crippen molar-refractivity contribution < 1.29 is 9.53 Å². The molecule has 1 heterocycles. The van der Waals surface area contributed by atoms with Crippen LogP contribution in [0.2, 0.25) is 0 Å². The summed E-state index contributed by atoms with van der Waals surface area (Å²) in [5, 5.41) is 2.91. The molecule has 0 aliphatic carbocycles. The van der Waals surface area contributed by atoms with Gasteiger partial charge >= 0.3 is 6.09 Å². The number of aryl methyl sites for hydroxylation is 1. The SMILES string of the molecule is CCc1ccc(C2(CC)COC(=O)N2)cc1. The van der Waals surface area contributed by atoms with E-state index in [4.69, 9.17) is 4.74 Å². The molecular weight excluding hydrogens is 202 g/mol. The zero-order valence-electron chi connectivity index (χ0n) is 9.75. The number of hydrogen-bond donors (Lipinski definition) is 1. The lowest BCUT2D eigenvalue weighted by Crippen LogP contribution is -2.39. The van der Waals surface area contributed by atoms with Gasteiger partial charge in [0.15, 0.2) is 0 Å². The molecule has 1 saturated heterocycles. The van der Waals surface area contributed by atoms with Crippen LogP contribution in [0.3, 0.4) is 0 Å². The van der Waals surface area contributed by atoms with Crippen LogP contribution in [0.4, 0.5) is 4.79 Å². The summed E-state index contributed by atoms with van der Waals surface area (Å²) in [5.41, 5.74) is 2.10. The summed E-state index contributed by atoms with van der Waals surface area (Å²) in [5.74, 6) is 0. The fourth-order valence-electron chi connectivity index (χ4n) is 2.07. The van der Waals surface area contributed by atoms with Gasteiger partial charge in [0.25, 0.3) is 0 Å². The van der Waals surface area contributed by atoms with Crippen molar-refractivity contribution in [1.29, 1.82) is 0 Å². The summed E-state index contributed by atoms with van der Waals surface area (Å²) in [7, 11) is 0. The maximum Gasteiger partial charge on any atom is 0.408 e. The minimum atomic E-state index is -0.330. The minimum Gasteiger partial charge on any atom is -0.447 e. The number of carbonyl (C=O) groups is 1. The van der Waals surface area contributed by atoms with Crippen molar-refractivity contribution in [3.05, 3.63) is 35.4 Å². The second-order valence-electron chi connectivity index (χ2n) is 4.19. The number of cyclic esters (lactones) is 1. The molecule has 0 spiro atoms. The number of amides is 1. The van der Waals surface area contributed by atoms with E-state index in [0.29, 0.717) is 6.61 Å². The third-order valence-corrected chi connectivity index (χ3v) is 3.31. The van der Waals surface area contributed by atoms with E-state index in [1.807, 2.05) is 0 Å². The van der Waals surface area contributed by atoms with Gasteiger partial charge in [0.05, 0.1) is 0 Å². The van der Waals surface area contributed by atoms with E-state index in [-0.39, 0.29) is 11.6 Å². The molecule has 3 heteroatoms. The lowest BCUT2D eigenvalue weighted by atomic mass is 9.88. The Bertz CT molecular complexity index is 385. The molecule has 0 saturated carbocycles. The molecule has 0 aromatic heterocycles. The number of hydrogen-bond acceptors (Lipinski definition) is 2. The van der Waals surface area contributed by atoms with Crippen LogP contribution in [0.25, 0.3) is 0 Å². The van der Waals surface area contributed by atoms with Crippen LogP contribution in [0, 0.1) is 0 Å². The van der Waals surface area contributed by atoms with Gasteiger partial charge in [-0.3, -0.25) is 0 Å². The summed E-state index contributed by atoms with van der Waals surface area (Å²) >= 11 is 0. The molecule has 1 unspecified atom stereocenters. The van der Waals surface area contributed by atoms with E-state index < -0.39 is 0 Å². The Morgan fingerprint density at radius 2 is 2.00 bits per heavy atom. The van der Waals surface area contributed by atoms with Crippen molar-refractivity contribution in [2.45, 2.75) is 32.2 Å². The molecule has 1 amide bonds. The van der Waals surface area contributed by atoms with Gasteiger partial charge in [0, 0.05) is 0 Å². The summed E-state index contributed by atoms with van der Waals surface area (Å²) in [6.45, 7) is 4.61. The lowest BCUT2D eigenvalue weighted by Gasteiger charge is -2.25. The second kappa shape index (κ2) is 4.16. The molecule has 1 aliphatic heterocycles. The molecule has 3 nitrogen and oxygen atoms in total. The Labute approximate surface area is 95.8 Å². The topological polar surface area (TPSA) is 38.3 Å². The molecule has 2 rings (SSSR count). The van der Waals surface area contributed by atoms with Crippen molar-refractivity contribution >= 4 is 6.09 Å². The summed E-state index contributed by atoms with van der Waals surface area (Å²) in [6, 6.07) is 8.38. The van der Waals surface area contributed by atoms with E-state index in [1.165, 1.54) is 5.56 Å². The van der Waals surface area contributed by atoms with E-state index in [0.717, 1.165) is 18.4 Å². The zero-order chi connectivity index (χ0) is 11.6. The largest absolute Gasteiger partial charge is 0.447 e. The zero-order valence-corrected chi connectivity index (χ0v) is 9.75. The van der Waals surface area contributed by atoms with E-state index in [2.05, 4.69) is 43.4 Å². The Morgan fingerprint density at radius 1 is 1.31 bits per heavy atom. The predicted octanol–water partition coefficient (Wildman–Crippen LogP) is 2.59. The maximum atomic E-state index is 11.2. The van der Waals surface area contributed by atoms with Crippen molar-refractivity contribution in [1.82, 2.24) is 5.32 Å². The Morgan fingerprint density at radius 3 is 2.44 bits per heavy atom. The molecule has 1 atom stereocenters. The molecule has 1 aromatic carbocycles. The minimum absolute atomic E-state index is 0.318. The van der Waals surface area contributed by atoms with Crippen LogP contribution in [0.15, 0.2) is 24.3 Å². The molecule has 1 aliphatic rings. The molecule has 1 N–H and O–H groups in total. The van der Waals surface area contributed by atoms with Gasteiger partial charge in [0.2, 0.25) is 0 Å². The van der Waals surface area contributed by atoms with Gasteiger partial charge in [0.1, 0.15) is 12.1 Å². The van der Waals surface area contributed by atoms with E-state index in [9.17, 15) is 4.79 Å². The summed E-state index contributed by atoms with van der Waals surface area (Å²) in [6.07, 6.45) is 1.55. The van der Waals surface area contributed by atoms with Crippen LogP contribution in [0.5, 0.6) is 0 Å². The second-order valence-corrected chi connectivity index (χ2v) is 4.19.